The number of hydrogen-bond donors (Lipinski definition) is 0. The fraction of sp³-hybridized carbons (Fsp3) is 0.667. The van der Waals surface area contributed by atoms with Crippen LogP contribution < -0.4 is 0 Å². The van der Waals surface area contributed by atoms with Crippen LogP contribution in [-0.2, 0) is 14.3 Å². The monoisotopic (exact) mass is 341 g/mol. The Morgan fingerprint density at radius 1 is 1.28 bits per heavy atom. The molecule has 4 atom stereocenters. The largest absolute Gasteiger partial charge is 0.462 e. The maximum Gasteiger partial charge on any atom is 0.302 e. The molecule has 4 heteroatoms. The summed E-state index contributed by atoms with van der Waals surface area (Å²) in [6.07, 6.45) is 7.49. The van der Waals surface area contributed by atoms with Crippen molar-refractivity contribution < 1.29 is 14.3 Å². The maximum atomic E-state index is 12.7. The molecule has 3 aliphatic rings. The van der Waals surface area contributed by atoms with E-state index in [1.807, 2.05) is 19.9 Å². The van der Waals surface area contributed by atoms with Gasteiger partial charge in [0.2, 0.25) is 0 Å². The molecule has 1 saturated carbocycles. The van der Waals surface area contributed by atoms with Gasteiger partial charge in [-0.15, -0.1) is 0 Å². The molecular formula is C21H27NO3. The summed E-state index contributed by atoms with van der Waals surface area (Å²) >= 11 is 0. The van der Waals surface area contributed by atoms with Gasteiger partial charge in [-0.3, -0.25) is 9.59 Å². The highest BCUT2D eigenvalue weighted by Crippen LogP contribution is 2.64. The second kappa shape index (κ2) is 5.56. The molecule has 0 aromatic heterocycles. The van der Waals surface area contributed by atoms with Crippen molar-refractivity contribution in [2.24, 2.45) is 22.2 Å². The van der Waals surface area contributed by atoms with Crippen LogP contribution in [0.4, 0.5) is 0 Å². The smallest absolute Gasteiger partial charge is 0.302 e. The normalized spacial score (nSPS) is 39.3. The molecule has 4 nitrogen and oxygen atoms in total. The minimum atomic E-state index is -0.564. The van der Waals surface area contributed by atoms with Gasteiger partial charge < -0.3 is 4.74 Å². The lowest BCUT2D eigenvalue weighted by molar-refractivity contribution is -0.156. The Kier molecular flexibility index (Phi) is 3.98. The molecule has 0 saturated heterocycles. The van der Waals surface area contributed by atoms with Gasteiger partial charge in [0.1, 0.15) is 12.2 Å². The van der Waals surface area contributed by atoms with Crippen LogP contribution in [0.2, 0.25) is 0 Å². The molecule has 0 aromatic carbocycles. The molecule has 1 fully saturated rings. The van der Waals surface area contributed by atoms with Gasteiger partial charge in [-0.1, -0.05) is 45.4 Å². The highest BCUT2D eigenvalue weighted by atomic mass is 16.5. The van der Waals surface area contributed by atoms with E-state index < -0.39 is 5.41 Å². The summed E-state index contributed by atoms with van der Waals surface area (Å²) in [5.41, 5.74) is 0.354. The predicted molar refractivity (Wildman–Crippen MR) is 94.3 cm³/mol. The topological polar surface area (TPSA) is 67.2 Å². The van der Waals surface area contributed by atoms with E-state index >= 15 is 0 Å². The number of carbonyl (C=O) groups excluding carboxylic acids is 2. The zero-order valence-electron chi connectivity index (χ0n) is 15.8. The molecule has 134 valence electrons. The van der Waals surface area contributed by atoms with Crippen molar-refractivity contribution >= 4 is 11.8 Å². The summed E-state index contributed by atoms with van der Waals surface area (Å²) in [4.78, 5) is 24.3. The van der Waals surface area contributed by atoms with Gasteiger partial charge in [0, 0.05) is 23.2 Å². The Morgan fingerprint density at radius 2 is 1.96 bits per heavy atom. The number of hydrogen-bond acceptors (Lipinski definition) is 4. The number of nitrogens with zero attached hydrogens (tertiary/aromatic N) is 1. The maximum absolute atomic E-state index is 12.7. The zero-order chi connectivity index (χ0) is 18.6. The van der Waals surface area contributed by atoms with Gasteiger partial charge in [0.15, 0.2) is 5.78 Å². The van der Waals surface area contributed by atoms with Gasteiger partial charge in [-0.05, 0) is 31.6 Å². The second-order valence-corrected chi connectivity index (χ2v) is 8.81. The first-order valence-electron chi connectivity index (χ1n) is 9.13. The van der Waals surface area contributed by atoms with Crippen LogP contribution in [-0.4, -0.2) is 17.9 Å². The van der Waals surface area contributed by atoms with Gasteiger partial charge in [0.25, 0.3) is 0 Å². The first-order valence-corrected chi connectivity index (χ1v) is 9.13. The van der Waals surface area contributed by atoms with Crippen LogP contribution in [0.1, 0.15) is 60.3 Å². The Bertz CT molecular complexity index is 739. The highest BCUT2D eigenvalue weighted by Gasteiger charge is 2.60. The Labute approximate surface area is 149 Å². The van der Waals surface area contributed by atoms with Gasteiger partial charge in [-0.2, -0.15) is 5.26 Å². The number of ketones is 1. The average Bonchev–Trinajstić information content (AvgIpc) is 2.52. The molecule has 0 heterocycles. The summed E-state index contributed by atoms with van der Waals surface area (Å²) in [5, 5.41) is 9.50. The summed E-state index contributed by atoms with van der Waals surface area (Å²) in [6, 6.07) is 2.12. The number of nitriles is 1. The van der Waals surface area contributed by atoms with Crippen LogP contribution in [0.25, 0.3) is 0 Å². The minimum Gasteiger partial charge on any atom is -0.462 e. The summed E-state index contributed by atoms with van der Waals surface area (Å²) in [5.74, 6) is -0.138. The summed E-state index contributed by atoms with van der Waals surface area (Å²) < 4.78 is 5.68. The van der Waals surface area contributed by atoms with Crippen LogP contribution in [0.15, 0.2) is 23.3 Å². The molecule has 0 N–H and O–H groups in total. The van der Waals surface area contributed by atoms with Crippen LogP contribution in [0, 0.1) is 33.5 Å². The third-order valence-corrected chi connectivity index (χ3v) is 6.93. The highest BCUT2D eigenvalue weighted by molar-refractivity contribution is 6.04. The lowest BCUT2D eigenvalue weighted by Gasteiger charge is -2.59. The molecule has 25 heavy (non-hydrogen) atoms. The molecule has 0 amide bonds. The molecule has 0 aromatic rings. The molecular weight excluding hydrogens is 314 g/mol. The number of ether oxygens (including phenoxy) is 1. The van der Waals surface area contributed by atoms with Gasteiger partial charge >= 0.3 is 5.97 Å². The lowest BCUT2D eigenvalue weighted by atomic mass is 9.44. The first-order chi connectivity index (χ1) is 11.6. The van der Waals surface area contributed by atoms with E-state index in [0.717, 1.165) is 25.7 Å². The molecule has 3 aliphatic carbocycles. The number of esters is 1. The van der Waals surface area contributed by atoms with Crippen LogP contribution in [0.3, 0.4) is 0 Å². The summed E-state index contributed by atoms with van der Waals surface area (Å²) in [6.45, 7) is 9.74. The van der Waals surface area contributed by atoms with Crippen molar-refractivity contribution in [1.82, 2.24) is 0 Å². The van der Waals surface area contributed by atoms with Crippen molar-refractivity contribution in [2.45, 2.75) is 66.4 Å². The molecule has 0 radical (unpaired) electrons. The average molecular weight is 341 g/mol. The fourth-order valence-electron chi connectivity index (χ4n) is 5.80. The zero-order valence-corrected chi connectivity index (χ0v) is 15.8. The quantitative estimate of drug-likeness (QED) is 0.531. The predicted octanol–water partition coefficient (Wildman–Crippen LogP) is 4.12. The molecule has 0 spiro atoms. The van der Waals surface area contributed by atoms with E-state index in [0.29, 0.717) is 0 Å². The number of allylic oxidation sites excluding steroid dienone is 3. The SMILES string of the molecule is CC(=O)O[C@@H]1CCC=C2C3(C)C=C(C#N)C(=O)C(C)(C)[C@@H]3CCC21C. The second-order valence-electron chi connectivity index (χ2n) is 8.81. The third-order valence-electron chi connectivity index (χ3n) is 6.93. The molecule has 0 bridgehead atoms. The standard InChI is InChI=1S/C21H27NO3/c1-13(23)25-17-8-6-7-16-20(17,4)10-9-15-19(2,3)18(24)14(12-22)11-21(15,16)5/h7,11,15,17H,6,8-10H2,1-5H3/t15-,17+,20?,21?/m0/s1. The Morgan fingerprint density at radius 3 is 2.56 bits per heavy atom. The Hall–Kier alpha value is -1.89. The molecule has 3 rings (SSSR count). The van der Waals surface area contributed by atoms with Crippen molar-refractivity contribution in [3.05, 3.63) is 23.3 Å². The molecule has 0 aliphatic heterocycles. The van der Waals surface area contributed by atoms with E-state index in [-0.39, 0.29) is 40.2 Å². The number of rotatable bonds is 1. The van der Waals surface area contributed by atoms with Crippen molar-refractivity contribution in [2.75, 3.05) is 0 Å². The van der Waals surface area contributed by atoms with Crippen molar-refractivity contribution in [3.63, 3.8) is 0 Å². The third kappa shape index (κ3) is 2.39. The Balaban J connectivity index is 2.15. The molecule has 2 unspecified atom stereocenters. The van der Waals surface area contributed by atoms with Gasteiger partial charge in [-0.25, -0.2) is 0 Å². The van der Waals surface area contributed by atoms with E-state index in [1.165, 1.54) is 12.5 Å². The fourth-order valence-corrected chi connectivity index (χ4v) is 5.80. The van der Waals surface area contributed by atoms with Crippen molar-refractivity contribution in [3.8, 4) is 6.07 Å². The number of fused-ring (bicyclic) bond motifs is 3. The van der Waals surface area contributed by atoms with E-state index in [4.69, 9.17) is 4.74 Å². The van der Waals surface area contributed by atoms with E-state index in [9.17, 15) is 14.9 Å². The first kappa shape index (κ1) is 17.9. The van der Waals surface area contributed by atoms with Gasteiger partial charge in [0.05, 0.1) is 5.57 Å². The minimum absolute atomic E-state index is 0.0472. The van der Waals surface area contributed by atoms with E-state index in [2.05, 4.69) is 26.0 Å². The van der Waals surface area contributed by atoms with Crippen molar-refractivity contribution in [1.29, 1.82) is 5.26 Å². The lowest BCUT2D eigenvalue weighted by Crippen LogP contribution is -2.56. The number of carbonyl (C=O) groups is 2. The van der Waals surface area contributed by atoms with E-state index in [1.54, 1.807) is 0 Å². The van der Waals surface area contributed by atoms with Crippen LogP contribution >= 0.6 is 0 Å². The summed E-state index contributed by atoms with van der Waals surface area (Å²) in [7, 11) is 0. The number of Topliss-reactive ketones (excluding diaryl/α,β-unsaturated/α-hetero) is 1. The van der Waals surface area contributed by atoms with Crippen LogP contribution in [0.5, 0.6) is 0 Å².